The van der Waals surface area contributed by atoms with Crippen molar-refractivity contribution in [3.63, 3.8) is 0 Å². The first-order valence-corrected chi connectivity index (χ1v) is 7.31. The Bertz CT molecular complexity index is 799. The number of benzene rings is 2. The third-order valence-corrected chi connectivity index (χ3v) is 4.33. The summed E-state index contributed by atoms with van der Waals surface area (Å²) in [4.78, 5) is 4.76. The minimum absolute atomic E-state index is 1.06. The Hall–Kier alpha value is -1.36. The van der Waals surface area contributed by atoms with E-state index in [2.05, 4.69) is 67.6 Å². The third kappa shape index (κ3) is 1.37. The minimum Gasteiger partial charge on any atom is -0.300 e. The Morgan fingerprint density at radius 2 is 1.89 bits per heavy atom. The van der Waals surface area contributed by atoms with E-state index in [-0.39, 0.29) is 0 Å². The number of hydrogen-bond acceptors (Lipinski definition) is 1. The van der Waals surface area contributed by atoms with Gasteiger partial charge in [-0.3, -0.25) is 4.57 Å². The van der Waals surface area contributed by atoms with Gasteiger partial charge in [-0.05, 0) is 33.4 Å². The third-order valence-electron chi connectivity index (χ3n) is 3.61. The molecule has 0 saturated heterocycles. The lowest BCUT2D eigenvalue weighted by Gasteiger charge is -2.03. The van der Waals surface area contributed by atoms with Gasteiger partial charge in [0, 0.05) is 12.1 Å². The van der Waals surface area contributed by atoms with E-state index in [1.807, 2.05) is 0 Å². The maximum Gasteiger partial charge on any atom is 0.114 e. The number of rotatable bonds is 0. The molecule has 0 unspecified atom stereocenters. The van der Waals surface area contributed by atoms with Gasteiger partial charge in [-0.2, -0.15) is 0 Å². The zero-order valence-electron chi connectivity index (χ0n) is 9.73. The average Bonchev–Trinajstić information content (AvgIpc) is 2.94. The maximum atomic E-state index is 4.76. The summed E-state index contributed by atoms with van der Waals surface area (Å²) in [5.41, 5.74) is 3.71. The highest BCUT2D eigenvalue weighted by Crippen LogP contribution is 2.32. The second kappa shape index (κ2) is 3.82. The van der Waals surface area contributed by atoms with Crippen LogP contribution in [0.5, 0.6) is 0 Å². The Morgan fingerprint density at radius 1 is 1.11 bits per heavy atom. The summed E-state index contributed by atoms with van der Waals surface area (Å²) < 4.78 is 4.48. The lowest BCUT2D eigenvalue weighted by molar-refractivity contribution is 1.00. The SMILES string of the molecule is I/C=C1/CCc2nc3cc4ccccc4cc3n21. The molecule has 18 heavy (non-hydrogen) atoms. The number of aryl methyl sites for hydroxylation is 1. The van der Waals surface area contributed by atoms with Gasteiger partial charge in [0.05, 0.1) is 11.0 Å². The van der Waals surface area contributed by atoms with Crippen molar-refractivity contribution in [2.24, 2.45) is 0 Å². The van der Waals surface area contributed by atoms with Crippen molar-refractivity contribution in [3.8, 4) is 0 Å². The summed E-state index contributed by atoms with van der Waals surface area (Å²) in [5, 5.41) is 2.55. The lowest BCUT2D eigenvalue weighted by Crippen LogP contribution is -1.90. The number of nitrogens with zero attached hydrogens (tertiary/aromatic N) is 2. The topological polar surface area (TPSA) is 17.8 Å². The molecule has 0 atom stereocenters. The predicted octanol–water partition coefficient (Wildman–Crippen LogP) is 4.37. The fourth-order valence-electron chi connectivity index (χ4n) is 2.76. The molecule has 0 N–H and O–H groups in total. The molecular weight excluding hydrogens is 335 g/mol. The van der Waals surface area contributed by atoms with E-state index in [4.69, 9.17) is 4.98 Å². The molecule has 0 spiro atoms. The van der Waals surface area contributed by atoms with E-state index in [1.165, 1.54) is 27.8 Å². The zero-order valence-corrected chi connectivity index (χ0v) is 11.9. The van der Waals surface area contributed by atoms with Gasteiger partial charge in [-0.15, -0.1) is 0 Å². The Kier molecular flexibility index (Phi) is 2.24. The van der Waals surface area contributed by atoms with Crippen LogP contribution >= 0.6 is 22.6 Å². The standard InChI is InChI=1S/C15H11IN2/c16-9-12-5-6-15-17-13-7-10-3-1-2-4-11(10)8-14(13)18(12)15/h1-4,7-9H,5-6H2/b12-9-. The molecular formula is C15H11IN2. The fourth-order valence-corrected chi connectivity index (χ4v) is 3.35. The maximum absolute atomic E-state index is 4.76. The van der Waals surface area contributed by atoms with E-state index in [1.54, 1.807) is 0 Å². The van der Waals surface area contributed by atoms with E-state index < -0.39 is 0 Å². The van der Waals surface area contributed by atoms with Gasteiger partial charge in [0.2, 0.25) is 0 Å². The quantitative estimate of drug-likeness (QED) is 0.553. The van der Waals surface area contributed by atoms with Gasteiger partial charge in [0.1, 0.15) is 5.82 Å². The summed E-state index contributed by atoms with van der Waals surface area (Å²) in [6, 6.07) is 12.9. The monoisotopic (exact) mass is 346 g/mol. The van der Waals surface area contributed by atoms with Gasteiger partial charge in [-0.1, -0.05) is 46.9 Å². The van der Waals surface area contributed by atoms with Crippen molar-refractivity contribution in [1.82, 2.24) is 9.55 Å². The van der Waals surface area contributed by atoms with E-state index >= 15 is 0 Å². The van der Waals surface area contributed by atoms with E-state index in [0.29, 0.717) is 0 Å². The second-order valence-corrected chi connectivity index (χ2v) is 5.27. The van der Waals surface area contributed by atoms with Gasteiger partial charge < -0.3 is 0 Å². The first kappa shape index (κ1) is 10.6. The smallest absolute Gasteiger partial charge is 0.114 e. The largest absolute Gasteiger partial charge is 0.300 e. The van der Waals surface area contributed by atoms with Crippen molar-refractivity contribution in [3.05, 3.63) is 46.3 Å². The van der Waals surface area contributed by atoms with Crippen molar-refractivity contribution in [1.29, 1.82) is 0 Å². The molecule has 88 valence electrons. The van der Waals surface area contributed by atoms with Crippen LogP contribution in [0.4, 0.5) is 0 Å². The molecule has 2 nitrogen and oxygen atoms in total. The van der Waals surface area contributed by atoms with E-state index in [9.17, 15) is 0 Å². The normalized spacial score (nSPS) is 16.8. The Morgan fingerprint density at radius 3 is 2.67 bits per heavy atom. The molecule has 1 aliphatic rings. The molecule has 4 rings (SSSR count). The molecule has 0 saturated carbocycles. The number of halogens is 1. The van der Waals surface area contributed by atoms with Crippen LogP contribution in [-0.2, 0) is 6.42 Å². The highest BCUT2D eigenvalue weighted by atomic mass is 127. The van der Waals surface area contributed by atoms with Crippen molar-refractivity contribution < 1.29 is 0 Å². The van der Waals surface area contributed by atoms with Gasteiger partial charge in [0.15, 0.2) is 0 Å². The van der Waals surface area contributed by atoms with Crippen LogP contribution in [0.2, 0.25) is 0 Å². The molecule has 2 aromatic carbocycles. The summed E-state index contributed by atoms with van der Waals surface area (Å²) in [6.07, 6.45) is 2.16. The first-order chi connectivity index (χ1) is 8.86. The summed E-state index contributed by atoms with van der Waals surface area (Å²) in [5.74, 6) is 1.20. The first-order valence-electron chi connectivity index (χ1n) is 6.06. The molecule has 1 aliphatic heterocycles. The van der Waals surface area contributed by atoms with Crippen LogP contribution in [0.25, 0.3) is 27.5 Å². The Labute approximate surface area is 118 Å². The average molecular weight is 346 g/mol. The molecule has 0 bridgehead atoms. The highest BCUT2D eigenvalue weighted by molar-refractivity contribution is 14.1. The van der Waals surface area contributed by atoms with Crippen molar-refractivity contribution in [2.45, 2.75) is 12.8 Å². The van der Waals surface area contributed by atoms with Crippen LogP contribution in [0, 0.1) is 0 Å². The van der Waals surface area contributed by atoms with E-state index in [0.717, 1.165) is 18.4 Å². The van der Waals surface area contributed by atoms with Crippen LogP contribution < -0.4 is 0 Å². The number of imidazole rings is 1. The van der Waals surface area contributed by atoms with Crippen LogP contribution in [-0.4, -0.2) is 9.55 Å². The van der Waals surface area contributed by atoms with Crippen molar-refractivity contribution >= 4 is 50.1 Å². The molecule has 1 aromatic heterocycles. The van der Waals surface area contributed by atoms with Crippen molar-refractivity contribution in [2.75, 3.05) is 0 Å². The van der Waals surface area contributed by atoms with Crippen LogP contribution in [0.15, 0.2) is 40.5 Å². The summed E-state index contributed by atoms with van der Waals surface area (Å²) >= 11 is 2.32. The van der Waals surface area contributed by atoms with Gasteiger partial charge >= 0.3 is 0 Å². The zero-order chi connectivity index (χ0) is 12.1. The Balaban J connectivity index is 2.15. The number of allylic oxidation sites excluding steroid dienone is 1. The molecule has 0 amide bonds. The number of hydrogen-bond donors (Lipinski definition) is 0. The minimum atomic E-state index is 1.06. The van der Waals surface area contributed by atoms with Crippen LogP contribution in [0.3, 0.4) is 0 Å². The molecule has 2 heterocycles. The molecule has 0 aliphatic carbocycles. The second-order valence-electron chi connectivity index (χ2n) is 4.65. The summed E-state index contributed by atoms with van der Waals surface area (Å²) in [7, 11) is 0. The summed E-state index contributed by atoms with van der Waals surface area (Å²) in [6.45, 7) is 0. The van der Waals surface area contributed by atoms with Gasteiger partial charge in [0.25, 0.3) is 0 Å². The predicted molar refractivity (Wildman–Crippen MR) is 83.9 cm³/mol. The molecule has 0 radical (unpaired) electrons. The fraction of sp³-hybridized carbons (Fsp3) is 0.133. The number of aromatic nitrogens is 2. The number of fused-ring (bicyclic) bond motifs is 4. The lowest BCUT2D eigenvalue weighted by atomic mass is 10.1. The highest BCUT2D eigenvalue weighted by Gasteiger charge is 2.20. The molecule has 0 fully saturated rings. The molecule has 3 aromatic rings. The van der Waals surface area contributed by atoms with Gasteiger partial charge in [-0.25, -0.2) is 4.98 Å². The van der Waals surface area contributed by atoms with Crippen LogP contribution in [0.1, 0.15) is 12.2 Å². The molecule has 3 heteroatoms.